The van der Waals surface area contributed by atoms with Crippen LogP contribution in [0.15, 0.2) is 11.6 Å². The van der Waals surface area contributed by atoms with Gasteiger partial charge in [0, 0.05) is 18.8 Å². The van der Waals surface area contributed by atoms with E-state index < -0.39 is 17.3 Å². The van der Waals surface area contributed by atoms with Crippen LogP contribution in [0.1, 0.15) is 46.5 Å². The predicted octanol–water partition coefficient (Wildman–Crippen LogP) is 2.24. The first kappa shape index (κ1) is 19.1. The van der Waals surface area contributed by atoms with Crippen molar-refractivity contribution in [3.05, 3.63) is 11.6 Å². The molecule has 0 aromatic rings. The van der Waals surface area contributed by atoms with E-state index in [4.69, 9.17) is 14.2 Å². The maximum atomic E-state index is 12.9. The lowest BCUT2D eigenvalue weighted by Gasteiger charge is -2.55. The molecule has 6 nitrogen and oxygen atoms in total. The van der Waals surface area contributed by atoms with Crippen LogP contribution < -0.4 is 0 Å². The van der Waals surface area contributed by atoms with Gasteiger partial charge in [0.1, 0.15) is 0 Å². The van der Waals surface area contributed by atoms with Gasteiger partial charge in [0.25, 0.3) is 0 Å². The molecule has 0 unspecified atom stereocenters. The van der Waals surface area contributed by atoms with Crippen LogP contribution in [0.5, 0.6) is 0 Å². The number of aliphatic hydroxyl groups excluding tert-OH is 1. The summed E-state index contributed by atoms with van der Waals surface area (Å²) < 4.78 is 17.1. The van der Waals surface area contributed by atoms with Crippen LogP contribution in [-0.4, -0.2) is 48.6 Å². The molecule has 4 rings (SSSR count). The topological polar surface area (TPSA) is 82.1 Å². The van der Waals surface area contributed by atoms with E-state index in [1.54, 1.807) is 13.0 Å². The third kappa shape index (κ3) is 2.88. The smallest absolute Gasteiger partial charge is 0.306 e. The zero-order valence-corrected chi connectivity index (χ0v) is 16.4. The Labute approximate surface area is 160 Å². The minimum absolute atomic E-state index is 0.0211. The van der Waals surface area contributed by atoms with E-state index in [1.165, 1.54) is 0 Å². The van der Waals surface area contributed by atoms with Gasteiger partial charge in [0.2, 0.25) is 0 Å². The van der Waals surface area contributed by atoms with E-state index in [1.807, 2.05) is 6.92 Å². The molecule has 3 fully saturated rings. The molecule has 1 aliphatic heterocycles. The zero-order valence-electron chi connectivity index (χ0n) is 16.4. The number of ether oxygens (including phenoxy) is 3. The molecule has 27 heavy (non-hydrogen) atoms. The summed E-state index contributed by atoms with van der Waals surface area (Å²) in [6.07, 6.45) is 3.17. The van der Waals surface area contributed by atoms with Crippen molar-refractivity contribution in [1.82, 2.24) is 0 Å². The van der Waals surface area contributed by atoms with Crippen molar-refractivity contribution in [3.8, 4) is 0 Å². The van der Waals surface area contributed by atoms with Crippen molar-refractivity contribution in [2.75, 3.05) is 19.8 Å². The summed E-state index contributed by atoms with van der Waals surface area (Å²) in [6, 6.07) is 0. The summed E-state index contributed by atoms with van der Waals surface area (Å²) in [5.74, 6) is -1.07. The monoisotopic (exact) mass is 378 g/mol. The van der Waals surface area contributed by atoms with Gasteiger partial charge in [-0.25, -0.2) is 0 Å². The Bertz CT molecular complexity index is 664. The summed E-state index contributed by atoms with van der Waals surface area (Å²) in [5.41, 5.74) is 0.530. The molecule has 0 bridgehead atoms. The third-order valence-corrected chi connectivity index (χ3v) is 7.62. The molecule has 150 valence electrons. The van der Waals surface area contributed by atoms with Crippen LogP contribution in [-0.2, 0) is 23.8 Å². The molecular formula is C21H30O6. The number of esters is 1. The number of rotatable bonds is 3. The molecular weight excluding hydrogens is 348 g/mol. The highest BCUT2D eigenvalue weighted by Crippen LogP contribution is 2.64. The highest BCUT2D eigenvalue weighted by Gasteiger charge is 2.65. The number of ketones is 1. The van der Waals surface area contributed by atoms with Gasteiger partial charge in [-0.3, -0.25) is 9.59 Å². The molecule has 1 heterocycles. The van der Waals surface area contributed by atoms with E-state index in [0.717, 1.165) is 5.57 Å². The molecule has 2 saturated carbocycles. The molecule has 1 saturated heterocycles. The molecule has 3 aliphatic carbocycles. The van der Waals surface area contributed by atoms with Gasteiger partial charge in [0.15, 0.2) is 11.6 Å². The molecule has 0 radical (unpaired) electrons. The summed E-state index contributed by atoms with van der Waals surface area (Å²) in [6.45, 7) is 7.37. The summed E-state index contributed by atoms with van der Waals surface area (Å²) in [4.78, 5) is 25.2. The first-order valence-corrected chi connectivity index (χ1v) is 10.1. The van der Waals surface area contributed by atoms with E-state index in [2.05, 4.69) is 6.92 Å². The Morgan fingerprint density at radius 2 is 2.04 bits per heavy atom. The lowest BCUT2D eigenvalue weighted by atomic mass is 9.48. The van der Waals surface area contributed by atoms with Crippen LogP contribution in [0.25, 0.3) is 0 Å². The van der Waals surface area contributed by atoms with Crippen molar-refractivity contribution < 1.29 is 28.9 Å². The molecule has 4 aliphatic rings. The van der Waals surface area contributed by atoms with Crippen LogP contribution >= 0.6 is 0 Å². The van der Waals surface area contributed by atoms with E-state index in [-0.39, 0.29) is 41.8 Å². The minimum Gasteiger partial charge on any atom is -0.466 e. The lowest BCUT2D eigenvalue weighted by molar-refractivity contribution is -0.160. The fourth-order valence-electron chi connectivity index (χ4n) is 6.43. The fraction of sp³-hybridized carbons (Fsp3) is 0.810. The van der Waals surface area contributed by atoms with Crippen molar-refractivity contribution >= 4 is 11.8 Å². The van der Waals surface area contributed by atoms with Crippen molar-refractivity contribution in [2.24, 2.45) is 29.1 Å². The van der Waals surface area contributed by atoms with Gasteiger partial charge < -0.3 is 19.3 Å². The minimum atomic E-state index is -0.638. The van der Waals surface area contributed by atoms with Crippen LogP contribution in [0.3, 0.4) is 0 Å². The second kappa shape index (κ2) is 6.68. The number of carbonyl (C=O) groups is 2. The van der Waals surface area contributed by atoms with Gasteiger partial charge in [0.05, 0.1) is 32.3 Å². The average Bonchev–Trinajstić information content (AvgIpc) is 3.23. The Kier molecular flexibility index (Phi) is 4.72. The zero-order chi connectivity index (χ0) is 19.4. The number of hydrogen-bond donors (Lipinski definition) is 1. The number of hydrogen-bond acceptors (Lipinski definition) is 6. The highest BCUT2D eigenvalue weighted by atomic mass is 16.7. The van der Waals surface area contributed by atoms with Crippen LogP contribution in [0, 0.1) is 29.1 Å². The van der Waals surface area contributed by atoms with Crippen molar-refractivity contribution in [3.63, 3.8) is 0 Å². The molecule has 1 spiro atoms. The Hall–Kier alpha value is -1.24. The first-order chi connectivity index (χ1) is 12.8. The highest BCUT2D eigenvalue weighted by molar-refractivity contribution is 5.94. The SMILES string of the molecule is CCOC(=O)C[C@@H]1C(C)=CC(=O)[C@@H]2C[C@@H](O)[C@H]3CC4(C[C@H]3[C@@]12C)OCCO4. The third-order valence-electron chi connectivity index (χ3n) is 7.62. The van der Waals surface area contributed by atoms with Crippen LogP contribution in [0.4, 0.5) is 0 Å². The fourth-order valence-corrected chi connectivity index (χ4v) is 6.43. The Morgan fingerprint density at radius 1 is 1.33 bits per heavy atom. The quantitative estimate of drug-likeness (QED) is 0.759. The molecule has 1 N–H and O–H groups in total. The van der Waals surface area contributed by atoms with Crippen molar-refractivity contribution in [2.45, 2.75) is 58.3 Å². The molecule has 0 aromatic heterocycles. The van der Waals surface area contributed by atoms with E-state index in [9.17, 15) is 14.7 Å². The maximum absolute atomic E-state index is 12.9. The second-order valence-corrected chi connectivity index (χ2v) is 8.86. The maximum Gasteiger partial charge on any atom is 0.306 e. The second-order valence-electron chi connectivity index (χ2n) is 8.86. The molecule has 0 aromatic carbocycles. The Balaban J connectivity index is 1.72. The molecule has 0 amide bonds. The van der Waals surface area contributed by atoms with Crippen molar-refractivity contribution in [1.29, 1.82) is 0 Å². The average molecular weight is 378 g/mol. The molecule has 6 heteroatoms. The normalized spacial score (nSPS) is 42.6. The van der Waals surface area contributed by atoms with Gasteiger partial charge in [-0.15, -0.1) is 0 Å². The summed E-state index contributed by atoms with van der Waals surface area (Å²) in [7, 11) is 0. The van der Waals surface area contributed by atoms with Gasteiger partial charge in [-0.2, -0.15) is 0 Å². The lowest BCUT2D eigenvalue weighted by Crippen LogP contribution is -2.56. The first-order valence-electron chi connectivity index (χ1n) is 10.1. The number of fused-ring (bicyclic) bond motifs is 3. The summed E-state index contributed by atoms with van der Waals surface area (Å²) in [5, 5.41) is 10.8. The van der Waals surface area contributed by atoms with Gasteiger partial charge in [-0.1, -0.05) is 12.5 Å². The Morgan fingerprint density at radius 3 is 2.70 bits per heavy atom. The standard InChI is InChI=1S/C21H30O6/c1-4-25-19(24)9-14-12(2)7-18(23)15-8-17(22)13-10-21(26-5-6-27-21)11-16(13)20(14,15)3/h7,13-17,22H,4-6,8-11H2,1-3H3/t13-,14+,15-,16+,17+,20-/m0/s1. The van der Waals surface area contributed by atoms with E-state index >= 15 is 0 Å². The van der Waals surface area contributed by atoms with Gasteiger partial charge in [-0.05, 0) is 49.5 Å². The number of allylic oxidation sites excluding steroid dienone is 2. The number of carbonyl (C=O) groups excluding carboxylic acids is 2. The predicted molar refractivity (Wildman–Crippen MR) is 96.6 cm³/mol. The molecule has 6 atom stereocenters. The number of aliphatic hydroxyl groups is 1. The summed E-state index contributed by atoms with van der Waals surface area (Å²) >= 11 is 0. The van der Waals surface area contributed by atoms with E-state index in [0.29, 0.717) is 39.1 Å². The van der Waals surface area contributed by atoms with Gasteiger partial charge >= 0.3 is 5.97 Å². The largest absolute Gasteiger partial charge is 0.466 e. The van der Waals surface area contributed by atoms with Crippen LogP contribution in [0.2, 0.25) is 0 Å².